The van der Waals surface area contributed by atoms with Gasteiger partial charge in [-0.2, -0.15) is 9.40 Å². The average Bonchev–Trinajstić information content (AvgIpc) is 3.07. The van der Waals surface area contributed by atoms with Crippen molar-refractivity contribution in [3.8, 4) is 0 Å². The van der Waals surface area contributed by atoms with Gasteiger partial charge in [-0.1, -0.05) is 55.3 Å². The quantitative estimate of drug-likeness (QED) is 0.543. The highest BCUT2D eigenvalue weighted by Crippen LogP contribution is 2.22. The van der Waals surface area contributed by atoms with E-state index in [1.54, 1.807) is 21.7 Å². The van der Waals surface area contributed by atoms with Crippen LogP contribution in [0, 0.1) is 6.92 Å². The van der Waals surface area contributed by atoms with E-state index in [0.29, 0.717) is 18.2 Å². The number of benzene rings is 1. The number of amides is 1. The molecule has 0 N–H and O–H groups in total. The summed E-state index contributed by atoms with van der Waals surface area (Å²) < 4.78 is 28.4. The lowest BCUT2D eigenvalue weighted by atomic mass is 10.2. The minimum Gasteiger partial charge on any atom is -0.337 e. The van der Waals surface area contributed by atoms with Crippen molar-refractivity contribution in [2.24, 2.45) is 0 Å². The molecular formula is C23H29ClN4O3S. The Morgan fingerprint density at radius 2 is 1.81 bits per heavy atom. The van der Waals surface area contributed by atoms with Gasteiger partial charge in [0.15, 0.2) is 0 Å². The van der Waals surface area contributed by atoms with Gasteiger partial charge in [-0.3, -0.25) is 9.48 Å². The molecule has 0 unspecified atom stereocenters. The molecule has 9 heteroatoms. The van der Waals surface area contributed by atoms with Crippen LogP contribution in [-0.2, 0) is 21.4 Å². The van der Waals surface area contributed by atoms with Gasteiger partial charge < -0.3 is 4.90 Å². The topological polar surface area (TPSA) is 75.5 Å². The largest absolute Gasteiger partial charge is 0.337 e. The van der Waals surface area contributed by atoms with Crippen LogP contribution in [-0.4, -0.2) is 59.5 Å². The Balaban J connectivity index is 1.58. The minimum absolute atomic E-state index is 0.168. The van der Waals surface area contributed by atoms with E-state index in [-0.39, 0.29) is 19.0 Å². The molecule has 0 bridgehead atoms. The van der Waals surface area contributed by atoms with Crippen LogP contribution in [0.5, 0.6) is 0 Å². The second-order valence-electron chi connectivity index (χ2n) is 7.68. The number of aryl methyl sites for hydroxylation is 2. The van der Waals surface area contributed by atoms with Gasteiger partial charge >= 0.3 is 0 Å². The average molecular weight is 477 g/mol. The van der Waals surface area contributed by atoms with Crippen LogP contribution >= 0.6 is 11.6 Å². The molecular weight excluding hydrogens is 448 g/mol. The molecule has 1 aliphatic heterocycles. The summed E-state index contributed by atoms with van der Waals surface area (Å²) >= 11 is 6.42. The van der Waals surface area contributed by atoms with E-state index in [1.807, 2.05) is 37.3 Å². The summed E-state index contributed by atoms with van der Waals surface area (Å²) in [6.45, 7) is 5.91. The zero-order valence-electron chi connectivity index (χ0n) is 18.4. The first-order valence-corrected chi connectivity index (χ1v) is 12.6. The number of hydrogen-bond acceptors (Lipinski definition) is 4. The molecule has 1 amide bonds. The molecule has 172 valence electrons. The van der Waals surface area contributed by atoms with Gasteiger partial charge in [0.2, 0.25) is 15.9 Å². The van der Waals surface area contributed by atoms with Crippen molar-refractivity contribution in [3.05, 3.63) is 63.8 Å². The molecule has 2 aromatic rings. The maximum Gasteiger partial charge on any atom is 0.246 e. The Hall–Kier alpha value is -2.42. The van der Waals surface area contributed by atoms with Gasteiger partial charge in [-0.15, -0.1) is 0 Å². The Labute approximate surface area is 195 Å². The summed E-state index contributed by atoms with van der Waals surface area (Å²) in [5.74, 6) is -0.168. The highest BCUT2D eigenvalue weighted by Gasteiger charge is 2.26. The van der Waals surface area contributed by atoms with E-state index in [0.717, 1.165) is 36.2 Å². The zero-order chi connectivity index (χ0) is 23.1. The van der Waals surface area contributed by atoms with Crippen LogP contribution in [0.15, 0.2) is 41.8 Å². The number of carbonyl (C=O) groups is 1. The molecule has 2 heterocycles. The normalized spacial score (nSPS) is 15.8. The molecule has 1 saturated heterocycles. The molecule has 1 fully saturated rings. The summed E-state index contributed by atoms with van der Waals surface area (Å²) in [5.41, 5.74) is 2.33. The third kappa shape index (κ3) is 6.09. The molecule has 0 saturated carbocycles. The Morgan fingerprint density at radius 1 is 1.12 bits per heavy atom. The first kappa shape index (κ1) is 24.2. The fourth-order valence-electron chi connectivity index (χ4n) is 3.45. The van der Waals surface area contributed by atoms with Crippen LogP contribution in [0.4, 0.5) is 0 Å². The smallest absolute Gasteiger partial charge is 0.246 e. The molecule has 1 aliphatic rings. The Morgan fingerprint density at radius 3 is 2.47 bits per heavy atom. The van der Waals surface area contributed by atoms with Crippen molar-refractivity contribution >= 4 is 39.7 Å². The molecule has 1 aromatic heterocycles. The van der Waals surface area contributed by atoms with Gasteiger partial charge in [0.25, 0.3) is 0 Å². The number of hydrogen-bond donors (Lipinski definition) is 0. The molecule has 1 aromatic carbocycles. The highest BCUT2D eigenvalue weighted by atomic mass is 35.5. The molecule has 7 nitrogen and oxygen atoms in total. The summed E-state index contributed by atoms with van der Waals surface area (Å²) in [7, 11) is -3.53. The summed E-state index contributed by atoms with van der Waals surface area (Å²) in [4.78, 5) is 14.3. The van der Waals surface area contributed by atoms with Crippen molar-refractivity contribution in [1.82, 2.24) is 19.0 Å². The third-order valence-corrected chi connectivity index (χ3v) is 7.33. The standard InChI is InChI=1S/C23H29ClN4O3S/c1-3-4-13-28-23(24)21(19(2)25-28)10-11-22(29)26-14-16-27(17-15-26)32(30,31)18-12-20-8-6-5-7-9-20/h5-12,18H,3-4,13-17H2,1-2H3/b11-10+,18-12+. The fraction of sp³-hybridized carbons (Fsp3) is 0.391. The van der Waals surface area contributed by atoms with Crippen LogP contribution in [0.3, 0.4) is 0 Å². The van der Waals surface area contributed by atoms with Crippen LogP contribution in [0.1, 0.15) is 36.6 Å². The van der Waals surface area contributed by atoms with Crippen molar-refractivity contribution in [1.29, 1.82) is 0 Å². The van der Waals surface area contributed by atoms with Crippen molar-refractivity contribution in [3.63, 3.8) is 0 Å². The Kier molecular flexibility index (Phi) is 8.28. The Bertz CT molecular complexity index is 1090. The molecule has 0 atom stereocenters. The second kappa shape index (κ2) is 10.9. The van der Waals surface area contributed by atoms with Crippen molar-refractivity contribution in [2.45, 2.75) is 33.2 Å². The molecule has 0 spiro atoms. The predicted octanol–water partition coefficient (Wildman–Crippen LogP) is 3.80. The number of aromatic nitrogens is 2. The van der Waals surface area contributed by atoms with Gasteiger partial charge in [0, 0.05) is 49.8 Å². The van der Waals surface area contributed by atoms with Crippen LogP contribution in [0.2, 0.25) is 5.15 Å². The van der Waals surface area contributed by atoms with Crippen molar-refractivity contribution < 1.29 is 13.2 Å². The van der Waals surface area contributed by atoms with Crippen LogP contribution < -0.4 is 0 Å². The summed E-state index contributed by atoms with van der Waals surface area (Å²) in [6.07, 6.45) is 6.79. The lowest BCUT2D eigenvalue weighted by Gasteiger charge is -2.32. The number of unbranched alkanes of at least 4 members (excludes halogenated alkanes) is 1. The van der Waals surface area contributed by atoms with E-state index >= 15 is 0 Å². The number of nitrogens with zero attached hydrogens (tertiary/aromatic N) is 4. The van der Waals surface area contributed by atoms with E-state index in [9.17, 15) is 13.2 Å². The van der Waals surface area contributed by atoms with E-state index in [1.165, 1.54) is 15.8 Å². The number of sulfonamides is 1. The van der Waals surface area contributed by atoms with Gasteiger partial charge in [-0.05, 0) is 31.1 Å². The third-order valence-electron chi connectivity index (χ3n) is 5.37. The van der Waals surface area contributed by atoms with Gasteiger partial charge in [0.1, 0.15) is 5.15 Å². The lowest BCUT2D eigenvalue weighted by Crippen LogP contribution is -2.49. The zero-order valence-corrected chi connectivity index (χ0v) is 20.0. The monoisotopic (exact) mass is 476 g/mol. The molecule has 0 radical (unpaired) electrons. The number of carbonyl (C=O) groups excluding carboxylic acids is 1. The number of halogens is 1. The summed E-state index contributed by atoms with van der Waals surface area (Å²) in [5, 5.41) is 6.19. The first-order chi connectivity index (χ1) is 15.3. The van der Waals surface area contributed by atoms with E-state index < -0.39 is 10.0 Å². The minimum atomic E-state index is -3.53. The second-order valence-corrected chi connectivity index (χ2v) is 9.86. The van der Waals surface area contributed by atoms with Crippen molar-refractivity contribution in [2.75, 3.05) is 26.2 Å². The van der Waals surface area contributed by atoms with E-state index in [2.05, 4.69) is 12.0 Å². The number of piperazine rings is 1. The lowest BCUT2D eigenvalue weighted by molar-refractivity contribution is -0.127. The van der Waals surface area contributed by atoms with Gasteiger partial charge in [0.05, 0.1) is 5.69 Å². The van der Waals surface area contributed by atoms with E-state index in [4.69, 9.17) is 11.6 Å². The predicted molar refractivity (Wildman–Crippen MR) is 128 cm³/mol. The van der Waals surface area contributed by atoms with Crippen LogP contribution in [0.25, 0.3) is 12.2 Å². The molecule has 0 aliphatic carbocycles. The van der Waals surface area contributed by atoms with Gasteiger partial charge in [-0.25, -0.2) is 8.42 Å². The molecule has 3 rings (SSSR count). The SMILES string of the molecule is CCCCn1nc(C)c(/C=C/C(=O)N2CCN(S(=O)(=O)/C=C/c3ccccc3)CC2)c1Cl. The maximum atomic E-state index is 12.6. The fourth-order valence-corrected chi connectivity index (χ4v) is 4.95. The summed E-state index contributed by atoms with van der Waals surface area (Å²) in [6, 6.07) is 9.28. The maximum absolute atomic E-state index is 12.6. The molecule has 32 heavy (non-hydrogen) atoms. The highest BCUT2D eigenvalue weighted by molar-refractivity contribution is 7.92. The number of rotatable bonds is 8. The first-order valence-electron chi connectivity index (χ1n) is 10.7.